The smallest absolute Gasteiger partial charge is 0.229 e. The van der Waals surface area contributed by atoms with Gasteiger partial charge >= 0.3 is 0 Å². The Bertz CT molecular complexity index is 418. The predicted molar refractivity (Wildman–Crippen MR) is 49.6 cm³/mol. The Balaban J connectivity index is 2.81. The number of nitrogens with two attached hydrogens (primary N) is 1. The fourth-order valence-electron chi connectivity index (χ4n) is 0.836. The van der Waals surface area contributed by atoms with Gasteiger partial charge in [0.05, 0.1) is 12.1 Å². The summed E-state index contributed by atoms with van der Waals surface area (Å²) in [5.74, 6) is 4.29. The van der Waals surface area contributed by atoms with Gasteiger partial charge in [0.15, 0.2) is 0 Å². The Kier molecular flexibility index (Phi) is 3.19. The van der Waals surface area contributed by atoms with E-state index in [0.29, 0.717) is 5.69 Å². The minimum atomic E-state index is -0.490. The molecule has 4 heteroatoms. The van der Waals surface area contributed by atoms with Gasteiger partial charge in [0.25, 0.3) is 0 Å². The zero-order chi connectivity index (χ0) is 10.6. The molecule has 1 aromatic rings. The number of carbonyl (C=O) groups is 1. The minimum Gasteiger partial charge on any atom is -0.369 e. The summed E-state index contributed by atoms with van der Waals surface area (Å²) >= 11 is 0. The number of hydrogen-bond donors (Lipinski definition) is 1. The van der Waals surface area contributed by atoms with Crippen LogP contribution in [0, 0.1) is 24.6 Å². The van der Waals surface area contributed by atoms with E-state index in [9.17, 15) is 9.18 Å². The van der Waals surface area contributed by atoms with Crippen LogP contribution in [-0.2, 0) is 4.79 Å². The molecule has 0 aliphatic rings. The van der Waals surface area contributed by atoms with Crippen molar-refractivity contribution in [2.75, 3.05) is 0 Å². The molecule has 0 radical (unpaired) electrons. The van der Waals surface area contributed by atoms with Gasteiger partial charge in [-0.1, -0.05) is 5.92 Å². The number of amides is 1. The number of rotatable bonds is 1. The molecule has 0 aliphatic heterocycles. The van der Waals surface area contributed by atoms with E-state index < -0.39 is 5.91 Å². The molecular weight excluding hydrogens is 183 g/mol. The van der Waals surface area contributed by atoms with E-state index in [1.165, 1.54) is 12.1 Å². The highest BCUT2D eigenvalue weighted by Crippen LogP contribution is 2.02. The molecule has 1 aromatic heterocycles. The van der Waals surface area contributed by atoms with E-state index >= 15 is 0 Å². The summed E-state index contributed by atoms with van der Waals surface area (Å²) in [6, 6.07) is 2.74. The topological polar surface area (TPSA) is 56.0 Å². The van der Waals surface area contributed by atoms with Crippen molar-refractivity contribution in [1.82, 2.24) is 4.98 Å². The lowest BCUT2D eigenvalue weighted by Gasteiger charge is -1.94. The lowest BCUT2D eigenvalue weighted by Crippen LogP contribution is -2.08. The van der Waals surface area contributed by atoms with E-state index in [4.69, 9.17) is 5.73 Å². The molecular formula is C10H9FN2O. The third kappa shape index (κ3) is 2.87. The lowest BCUT2D eigenvalue weighted by atomic mass is 10.3. The lowest BCUT2D eigenvalue weighted by molar-refractivity contribution is -0.117. The Labute approximate surface area is 81.1 Å². The molecule has 0 aromatic carbocycles. The van der Waals surface area contributed by atoms with Crippen LogP contribution in [0.4, 0.5) is 4.39 Å². The Morgan fingerprint density at radius 3 is 2.93 bits per heavy atom. The molecule has 0 spiro atoms. The average Bonchev–Trinajstić information content (AvgIpc) is 2.10. The quantitative estimate of drug-likeness (QED) is 0.668. The number of carbonyl (C=O) groups excluding carboxylic acids is 1. The van der Waals surface area contributed by atoms with Crippen LogP contribution in [0.2, 0.25) is 0 Å². The monoisotopic (exact) mass is 192 g/mol. The largest absolute Gasteiger partial charge is 0.369 e. The first-order valence-corrected chi connectivity index (χ1v) is 4.00. The molecule has 1 rings (SSSR count). The van der Waals surface area contributed by atoms with Gasteiger partial charge in [0, 0.05) is 0 Å². The van der Waals surface area contributed by atoms with Crippen LogP contribution in [0.1, 0.15) is 17.8 Å². The van der Waals surface area contributed by atoms with Gasteiger partial charge in [-0.25, -0.2) is 9.37 Å². The zero-order valence-corrected chi connectivity index (χ0v) is 7.67. The second kappa shape index (κ2) is 4.38. The van der Waals surface area contributed by atoms with Crippen molar-refractivity contribution in [3.05, 3.63) is 29.3 Å². The molecule has 0 saturated carbocycles. The van der Waals surface area contributed by atoms with E-state index in [2.05, 4.69) is 16.8 Å². The summed E-state index contributed by atoms with van der Waals surface area (Å²) < 4.78 is 12.8. The number of aryl methyl sites for hydroxylation is 1. The van der Waals surface area contributed by atoms with Gasteiger partial charge in [-0.15, -0.1) is 0 Å². The molecule has 2 N–H and O–H groups in total. The van der Waals surface area contributed by atoms with Crippen LogP contribution in [0.25, 0.3) is 0 Å². The first-order valence-electron chi connectivity index (χ1n) is 4.00. The molecule has 1 amide bonds. The van der Waals surface area contributed by atoms with E-state index in [0.717, 1.165) is 0 Å². The molecule has 3 nitrogen and oxygen atoms in total. The molecule has 0 unspecified atom stereocenters. The summed E-state index contributed by atoms with van der Waals surface area (Å²) in [6.45, 7) is 1.55. The van der Waals surface area contributed by atoms with Crippen molar-refractivity contribution in [2.24, 2.45) is 5.73 Å². The highest BCUT2D eigenvalue weighted by atomic mass is 19.1. The molecule has 72 valence electrons. The van der Waals surface area contributed by atoms with Gasteiger partial charge in [-0.3, -0.25) is 4.79 Å². The number of pyridine rings is 1. The van der Waals surface area contributed by atoms with Crippen LogP contribution in [-0.4, -0.2) is 10.9 Å². The molecule has 0 aliphatic carbocycles. The van der Waals surface area contributed by atoms with Gasteiger partial charge in [0.1, 0.15) is 11.5 Å². The Hall–Kier alpha value is -1.89. The van der Waals surface area contributed by atoms with E-state index in [-0.39, 0.29) is 17.9 Å². The molecule has 1 heterocycles. The van der Waals surface area contributed by atoms with Crippen molar-refractivity contribution in [3.63, 3.8) is 0 Å². The maximum atomic E-state index is 12.8. The van der Waals surface area contributed by atoms with Crippen molar-refractivity contribution in [3.8, 4) is 11.8 Å². The molecule has 14 heavy (non-hydrogen) atoms. The first-order chi connectivity index (χ1) is 6.59. The van der Waals surface area contributed by atoms with Gasteiger partial charge in [-0.2, -0.15) is 0 Å². The number of aromatic nitrogens is 1. The Morgan fingerprint density at radius 2 is 2.36 bits per heavy atom. The normalized spacial score (nSPS) is 9.00. The maximum absolute atomic E-state index is 12.8. The van der Waals surface area contributed by atoms with Crippen molar-refractivity contribution < 1.29 is 9.18 Å². The van der Waals surface area contributed by atoms with Crippen LogP contribution in [0.3, 0.4) is 0 Å². The number of halogens is 1. The van der Waals surface area contributed by atoms with Gasteiger partial charge in [0.2, 0.25) is 5.91 Å². The second-order valence-electron chi connectivity index (χ2n) is 2.71. The van der Waals surface area contributed by atoms with Crippen LogP contribution in [0.5, 0.6) is 0 Å². The van der Waals surface area contributed by atoms with Gasteiger partial charge in [-0.05, 0) is 25.0 Å². The molecule has 0 atom stereocenters. The third-order valence-electron chi connectivity index (χ3n) is 1.50. The average molecular weight is 192 g/mol. The van der Waals surface area contributed by atoms with Crippen LogP contribution in [0.15, 0.2) is 12.1 Å². The number of primary amides is 1. The summed E-state index contributed by atoms with van der Waals surface area (Å²) in [5.41, 5.74) is 5.61. The summed E-state index contributed by atoms with van der Waals surface area (Å²) in [6.07, 6.45) is -0.0158. The summed E-state index contributed by atoms with van der Waals surface area (Å²) in [4.78, 5) is 14.2. The maximum Gasteiger partial charge on any atom is 0.229 e. The van der Waals surface area contributed by atoms with Gasteiger partial charge < -0.3 is 5.73 Å². The zero-order valence-electron chi connectivity index (χ0n) is 7.67. The second-order valence-corrected chi connectivity index (χ2v) is 2.71. The number of nitrogens with zero attached hydrogens (tertiary/aromatic N) is 1. The third-order valence-corrected chi connectivity index (χ3v) is 1.50. The number of hydrogen-bond acceptors (Lipinski definition) is 2. The van der Waals surface area contributed by atoms with Crippen LogP contribution >= 0.6 is 0 Å². The van der Waals surface area contributed by atoms with Crippen LogP contribution < -0.4 is 5.73 Å². The highest BCUT2D eigenvalue weighted by Gasteiger charge is 1.97. The van der Waals surface area contributed by atoms with Crippen molar-refractivity contribution >= 4 is 5.91 Å². The fourth-order valence-corrected chi connectivity index (χ4v) is 0.836. The van der Waals surface area contributed by atoms with E-state index in [1.807, 2.05) is 0 Å². The SMILES string of the molecule is Cc1nc(C#CCC(N)=O)ccc1F. The minimum absolute atomic E-state index is 0.0158. The predicted octanol–water partition coefficient (Wildman–Crippen LogP) is 0.756. The molecule has 0 saturated heterocycles. The van der Waals surface area contributed by atoms with Crippen molar-refractivity contribution in [1.29, 1.82) is 0 Å². The Morgan fingerprint density at radius 1 is 1.64 bits per heavy atom. The van der Waals surface area contributed by atoms with E-state index in [1.54, 1.807) is 6.92 Å². The summed E-state index contributed by atoms with van der Waals surface area (Å²) in [5, 5.41) is 0. The molecule has 0 bridgehead atoms. The summed E-state index contributed by atoms with van der Waals surface area (Å²) in [7, 11) is 0. The van der Waals surface area contributed by atoms with Crippen molar-refractivity contribution in [2.45, 2.75) is 13.3 Å². The first kappa shape index (κ1) is 10.2. The standard InChI is InChI=1S/C10H9FN2O/c1-7-9(11)6-5-8(13-7)3-2-4-10(12)14/h5-6H,4H2,1H3,(H2,12,14). The fraction of sp³-hybridized carbons (Fsp3) is 0.200. The molecule has 0 fully saturated rings. The highest BCUT2D eigenvalue weighted by molar-refractivity contribution is 5.76.